The van der Waals surface area contributed by atoms with Crippen molar-refractivity contribution in [2.75, 3.05) is 11.1 Å². The number of carbonyl (C=O) groups excluding carboxylic acids is 1. The Morgan fingerprint density at radius 1 is 1.00 bits per heavy atom. The number of amides is 1. The molecule has 0 aliphatic rings. The van der Waals surface area contributed by atoms with Crippen molar-refractivity contribution >= 4 is 51.3 Å². The van der Waals surface area contributed by atoms with Gasteiger partial charge in [-0.15, -0.1) is 0 Å². The fraction of sp³-hybridized carbons (Fsp3) is 0.0556. The summed E-state index contributed by atoms with van der Waals surface area (Å²) in [7, 11) is 0. The largest absolute Gasteiger partial charge is 0.396 e. The van der Waals surface area contributed by atoms with Crippen molar-refractivity contribution in [3.63, 3.8) is 0 Å². The number of benzene rings is 3. The van der Waals surface area contributed by atoms with Crippen LogP contribution in [-0.2, 0) is 11.2 Å². The van der Waals surface area contributed by atoms with Gasteiger partial charge in [0.15, 0.2) is 0 Å². The summed E-state index contributed by atoms with van der Waals surface area (Å²) in [6.07, 6.45) is 0.265. The summed E-state index contributed by atoms with van der Waals surface area (Å²) in [6.45, 7) is 0. The molecule has 0 saturated carbocycles. The second-order valence-corrected chi connectivity index (χ2v) is 6.03. The van der Waals surface area contributed by atoms with E-state index in [1.54, 1.807) is 12.1 Å². The molecule has 3 aromatic rings. The van der Waals surface area contributed by atoms with Gasteiger partial charge in [-0.25, -0.2) is 0 Å². The molecule has 0 heterocycles. The fourth-order valence-electron chi connectivity index (χ4n) is 2.48. The van der Waals surface area contributed by atoms with Crippen LogP contribution in [0.4, 0.5) is 11.4 Å². The van der Waals surface area contributed by atoms with Gasteiger partial charge in [0.25, 0.3) is 0 Å². The Labute approximate surface area is 144 Å². The minimum Gasteiger partial charge on any atom is -0.396 e. The number of anilines is 2. The Kier molecular flexibility index (Phi) is 4.42. The molecule has 116 valence electrons. The molecule has 0 radical (unpaired) electrons. The molecule has 0 atom stereocenters. The van der Waals surface area contributed by atoms with Crippen molar-refractivity contribution < 1.29 is 4.79 Å². The Hall–Kier alpha value is -2.23. The summed E-state index contributed by atoms with van der Waals surface area (Å²) in [4.78, 5) is 12.3. The van der Waals surface area contributed by atoms with Gasteiger partial charge in [-0.05, 0) is 28.5 Å². The van der Waals surface area contributed by atoms with Crippen LogP contribution in [0.5, 0.6) is 0 Å². The number of nitrogens with one attached hydrogen (secondary N) is 1. The summed E-state index contributed by atoms with van der Waals surface area (Å²) in [5, 5.41) is 5.61. The molecule has 3 N–H and O–H groups in total. The van der Waals surface area contributed by atoms with Gasteiger partial charge in [-0.2, -0.15) is 0 Å². The van der Waals surface area contributed by atoms with Gasteiger partial charge < -0.3 is 11.1 Å². The van der Waals surface area contributed by atoms with Gasteiger partial charge in [0.2, 0.25) is 5.91 Å². The lowest BCUT2D eigenvalue weighted by molar-refractivity contribution is -0.115. The first-order chi connectivity index (χ1) is 11.0. The van der Waals surface area contributed by atoms with Crippen LogP contribution in [0.1, 0.15) is 5.56 Å². The molecule has 3 rings (SSSR count). The first-order valence-electron chi connectivity index (χ1n) is 7.05. The van der Waals surface area contributed by atoms with Gasteiger partial charge in [-0.3, -0.25) is 4.79 Å². The first-order valence-corrected chi connectivity index (χ1v) is 7.81. The first kappa shape index (κ1) is 15.7. The summed E-state index contributed by atoms with van der Waals surface area (Å²) in [5.74, 6) is -0.141. The number of nitrogens with two attached hydrogens (primary N) is 1. The van der Waals surface area contributed by atoms with Gasteiger partial charge in [0.1, 0.15) is 0 Å². The van der Waals surface area contributed by atoms with Crippen molar-refractivity contribution in [1.29, 1.82) is 0 Å². The highest BCUT2D eigenvalue weighted by molar-refractivity contribution is 6.39. The zero-order valence-electron chi connectivity index (χ0n) is 12.1. The molecule has 23 heavy (non-hydrogen) atoms. The van der Waals surface area contributed by atoms with E-state index in [1.807, 2.05) is 42.5 Å². The van der Waals surface area contributed by atoms with E-state index in [2.05, 4.69) is 5.32 Å². The molecule has 3 nitrogen and oxygen atoms in total. The maximum atomic E-state index is 12.3. The van der Waals surface area contributed by atoms with E-state index >= 15 is 0 Å². The topological polar surface area (TPSA) is 55.1 Å². The lowest BCUT2D eigenvalue weighted by Gasteiger charge is -2.10. The highest BCUT2D eigenvalue weighted by Crippen LogP contribution is 2.31. The molecule has 1 amide bonds. The second-order valence-electron chi connectivity index (χ2n) is 5.22. The van der Waals surface area contributed by atoms with Crippen LogP contribution in [0.2, 0.25) is 10.0 Å². The van der Waals surface area contributed by atoms with Crippen LogP contribution >= 0.6 is 23.2 Å². The number of carbonyl (C=O) groups is 1. The van der Waals surface area contributed by atoms with Crippen LogP contribution in [0.3, 0.4) is 0 Å². The predicted octanol–water partition coefficient (Wildman–Crippen LogP) is 4.91. The quantitative estimate of drug-likeness (QED) is 0.663. The van der Waals surface area contributed by atoms with E-state index in [0.29, 0.717) is 21.4 Å². The maximum Gasteiger partial charge on any atom is 0.228 e. The third kappa shape index (κ3) is 3.41. The molecule has 0 unspecified atom stereocenters. The van der Waals surface area contributed by atoms with Crippen molar-refractivity contribution in [3.05, 3.63) is 70.2 Å². The minimum atomic E-state index is -0.141. The summed E-state index contributed by atoms with van der Waals surface area (Å²) in [6, 6.07) is 17.1. The number of nitrogen functional groups attached to an aromatic ring is 1. The molecule has 0 aliphatic carbocycles. The van der Waals surface area contributed by atoms with Crippen LogP contribution in [0, 0.1) is 0 Å². The Bertz CT molecular complexity index is 865. The van der Waals surface area contributed by atoms with E-state index in [9.17, 15) is 4.79 Å². The third-order valence-electron chi connectivity index (χ3n) is 3.59. The Morgan fingerprint density at radius 2 is 1.65 bits per heavy atom. The summed E-state index contributed by atoms with van der Waals surface area (Å²) >= 11 is 12.0. The van der Waals surface area contributed by atoms with Crippen molar-refractivity contribution in [2.45, 2.75) is 6.42 Å². The number of fused-ring (bicyclic) bond motifs is 1. The minimum absolute atomic E-state index is 0.141. The molecule has 0 aliphatic heterocycles. The number of rotatable bonds is 3. The van der Waals surface area contributed by atoms with E-state index in [-0.39, 0.29) is 12.3 Å². The molecule has 0 bridgehead atoms. The van der Waals surface area contributed by atoms with Gasteiger partial charge >= 0.3 is 0 Å². The van der Waals surface area contributed by atoms with E-state index < -0.39 is 0 Å². The average molecular weight is 345 g/mol. The SMILES string of the molecule is Nc1c(Cl)cc(NC(=O)Cc2cccc3ccccc23)cc1Cl. The van der Waals surface area contributed by atoms with Crippen LogP contribution in [0.25, 0.3) is 10.8 Å². The Balaban J connectivity index is 1.82. The van der Waals surface area contributed by atoms with Gasteiger partial charge in [0, 0.05) is 5.69 Å². The smallest absolute Gasteiger partial charge is 0.228 e. The molecule has 3 aromatic carbocycles. The van der Waals surface area contributed by atoms with Crippen LogP contribution in [-0.4, -0.2) is 5.91 Å². The fourth-order valence-corrected chi connectivity index (χ4v) is 2.97. The van der Waals surface area contributed by atoms with Crippen molar-refractivity contribution in [1.82, 2.24) is 0 Å². The zero-order valence-corrected chi connectivity index (χ0v) is 13.7. The average Bonchev–Trinajstić information content (AvgIpc) is 2.53. The van der Waals surface area contributed by atoms with E-state index in [1.165, 1.54) is 0 Å². The highest BCUT2D eigenvalue weighted by Gasteiger charge is 2.10. The summed E-state index contributed by atoms with van der Waals surface area (Å²) < 4.78 is 0. The lowest BCUT2D eigenvalue weighted by atomic mass is 10.0. The molecule has 0 fully saturated rings. The van der Waals surface area contributed by atoms with Gasteiger partial charge in [-0.1, -0.05) is 65.7 Å². The number of halogens is 2. The van der Waals surface area contributed by atoms with Crippen LogP contribution in [0.15, 0.2) is 54.6 Å². The molecule has 0 saturated heterocycles. The monoisotopic (exact) mass is 344 g/mol. The van der Waals surface area contributed by atoms with Crippen molar-refractivity contribution in [3.8, 4) is 0 Å². The number of hydrogen-bond donors (Lipinski definition) is 2. The molecular formula is C18H14Cl2N2O. The molecular weight excluding hydrogens is 331 g/mol. The maximum absolute atomic E-state index is 12.3. The van der Waals surface area contributed by atoms with Gasteiger partial charge in [0.05, 0.1) is 22.2 Å². The second kappa shape index (κ2) is 6.49. The zero-order chi connectivity index (χ0) is 16.4. The number of hydrogen-bond acceptors (Lipinski definition) is 2. The predicted molar refractivity (Wildman–Crippen MR) is 97.2 cm³/mol. The van der Waals surface area contributed by atoms with E-state index in [0.717, 1.165) is 16.3 Å². The third-order valence-corrected chi connectivity index (χ3v) is 4.22. The lowest BCUT2D eigenvalue weighted by Crippen LogP contribution is -2.14. The standard InChI is InChI=1S/C18H14Cl2N2O/c19-15-9-13(10-16(20)18(15)21)22-17(23)8-12-6-3-5-11-4-1-2-7-14(11)12/h1-7,9-10H,8,21H2,(H,22,23). The molecule has 5 heteroatoms. The van der Waals surface area contributed by atoms with Crippen LogP contribution < -0.4 is 11.1 Å². The normalized spacial score (nSPS) is 10.7. The molecule has 0 aromatic heterocycles. The Morgan fingerprint density at radius 3 is 2.39 bits per heavy atom. The highest BCUT2D eigenvalue weighted by atomic mass is 35.5. The van der Waals surface area contributed by atoms with E-state index in [4.69, 9.17) is 28.9 Å². The molecule has 0 spiro atoms. The summed E-state index contributed by atoms with van der Waals surface area (Å²) in [5.41, 5.74) is 7.49. The van der Waals surface area contributed by atoms with Crippen molar-refractivity contribution in [2.24, 2.45) is 0 Å².